The van der Waals surface area contributed by atoms with Crippen molar-refractivity contribution in [1.29, 1.82) is 0 Å². The van der Waals surface area contributed by atoms with Crippen molar-refractivity contribution in [3.05, 3.63) is 51.6 Å². The minimum Gasteiger partial charge on any atom is -0.490 e. The number of nitro groups is 1. The van der Waals surface area contributed by atoms with E-state index in [9.17, 15) is 19.3 Å². The van der Waals surface area contributed by atoms with E-state index >= 15 is 0 Å². The van der Waals surface area contributed by atoms with E-state index in [1.807, 2.05) is 0 Å². The maximum Gasteiger partial charge on any atom is 0.322 e. The molecule has 8 nitrogen and oxygen atoms in total. The van der Waals surface area contributed by atoms with E-state index in [0.717, 1.165) is 0 Å². The van der Waals surface area contributed by atoms with Crippen molar-refractivity contribution in [3.8, 4) is 5.75 Å². The first kappa shape index (κ1) is 16.9. The Kier molecular flexibility index (Phi) is 4.64. The van der Waals surface area contributed by atoms with E-state index in [0.29, 0.717) is 31.7 Å². The number of carbonyl (C=O) groups excluding carboxylic acids is 1. The van der Waals surface area contributed by atoms with Gasteiger partial charge in [0, 0.05) is 25.9 Å². The molecule has 9 heteroatoms. The van der Waals surface area contributed by atoms with Crippen molar-refractivity contribution in [2.45, 2.75) is 25.9 Å². The summed E-state index contributed by atoms with van der Waals surface area (Å²) in [6.07, 6.45) is 1.08. The zero-order chi connectivity index (χ0) is 18.0. The molecule has 0 saturated carbocycles. The Labute approximate surface area is 142 Å². The number of amides is 1. The second kappa shape index (κ2) is 6.88. The van der Waals surface area contributed by atoms with Crippen LogP contribution in [0.5, 0.6) is 5.75 Å². The standard InChI is InChI=1S/C16H17FN4O4/c1-10-15(21(23)24)14(19-18-10)16(22)20-8-6-13(7-9-20)25-12-4-2-11(17)3-5-12/h2-5,13H,6-9H2,1H3,(H,18,19). The molecule has 1 amide bonds. The Bertz CT molecular complexity index is 782. The SMILES string of the molecule is Cc1[nH]nc(C(=O)N2CCC(Oc3ccc(F)cc3)CC2)c1[N+](=O)[O-]. The number of nitrogens with zero attached hydrogens (tertiary/aromatic N) is 3. The summed E-state index contributed by atoms with van der Waals surface area (Å²) >= 11 is 0. The highest BCUT2D eigenvalue weighted by molar-refractivity contribution is 5.96. The van der Waals surface area contributed by atoms with Gasteiger partial charge in [0.1, 0.15) is 23.4 Å². The van der Waals surface area contributed by atoms with Crippen LogP contribution < -0.4 is 4.74 Å². The molecule has 3 rings (SSSR count). The third-order valence-electron chi connectivity index (χ3n) is 4.15. The summed E-state index contributed by atoms with van der Waals surface area (Å²) in [4.78, 5) is 24.5. The Hall–Kier alpha value is -2.97. The van der Waals surface area contributed by atoms with Crippen LogP contribution in [-0.2, 0) is 0 Å². The van der Waals surface area contributed by atoms with E-state index in [-0.39, 0.29) is 29.0 Å². The number of aryl methyl sites for hydroxylation is 1. The molecule has 0 atom stereocenters. The summed E-state index contributed by atoms with van der Waals surface area (Å²) in [7, 11) is 0. The van der Waals surface area contributed by atoms with E-state index < -0.39 is 10.8 Å². The number of rotatable bonds is 4. The molecular weight excluding hydrogens is 331 g/mol. The molecule has 1 aliphatic heterocycles. The normalized spacial score (nSPS) is 15.2. The molecule has 0 bridgehead atoms. The highest BCUT2D eigenvalue weighted by Crippen LogP contribution is 2.24. The lowest BCUT2D eigenvalue weighted by atomic mass is 10.1. The first-order valence-electron chi connectivity index (χ1n) is 7.86. The van der Waals surface area contributed by atoms with Crippen LogP contribution in [0.25, 0.3) is 0 Å². The number of nitrogens with one attached hydrogen (secondary N) is 1. The van der Waals surface area contributed by atoms with Gasteiger partial charge < -0.3 is 9.64 Å². The van der Waals surface area contributed by atoms with E-state index in [2.05, 4.69) is 10.2 Å². The predicted molar refractivity (Wildman–Crippen MR) is 85.9 cm³/mol. The lowest BCUT2D eigenvalue weighted by molar-refractivity contribution is -0.385. The molecule has 2 aromatic rings. The summed E-state index contributed by atoms with van der Waals surface area (Å²) in [5, 5.41) is 17.4. The van der Waals surface area contributed by atoms with Gasteiger partial charge in [-0.2, -0.15) is 5.10 Å². The van der Waals surface area contributed by atoms with Crippen LogP contribution in [0, 0.1) is 22.9 Å². The van der Waals surface area contributed by atoms with E-state index in [4.69, 9.17) is 4.74 Å². The number of hydrogen-bond donors (Lipinski definition) is 1. The van der Waals surface area contributed by atoms with Gasteiger partial charge in [-0.25, -0.2) is 4.39 Å². The lowest BCUT2D eigenvalue weighted by Gasteiger charge is -2.31. The molecule has 25 heavy (non-hydrogen) atoms. The average molecular weight is 348 g/mol. The molecule has 1 fully saturated rings. The number of hydrogen-bond acceptors (Lipinski definition) is 5. The summed E-state index contributed by atoms with van der Waals surface area (Å²) in [6.45, 7) is 2.33. The fraction of sp³-hybridized carbons (Fsp3) is 0.375. The van der Waals surface area contributed by atoms with Gasteiger partial charge in [0.15, 0.2) is 0 Å². The molecule has 1 saturated heterocycles. The topological polar surface area (TPSA) is 101 Å². The molecule has 2 heterocycles. The van der Waals surface area contributed by atoms with Crippen LogP contribution in [0.15, 0.2) is 24.3 Å². The van der Waals surface area contributed by atoms with Crippen LogP contribution in [0.2, 0.25) is 0 Å². The highest BCUT2D eigenvalue weighted by Gasteiger charge is 2.32. The van der Waals surface area contributed by atoms with Crippen LogP contribution in [-0.4, -0.2) is 45.1 Å². The van der Waals surface area contributed by atoms with Crippen molar-refractivity contribution < 1.29 is 18.8 Å². The predicted octanol–water partition coefficient (Wildman–Crippen LogP) is 2.45. The zero-order valence-electron chi connectivity index (χ0n) is 13.6. The smallest absolute Gasteiger partial charge is 0.322 e. The molecular formula is C16H17FN4O4. The molecule has 0 radical (unpaired) electrons. The van der Waals surface area contributed by atoms with E-state index in [1.54, 1.807) is 12.1 Å². The first-order valence-corrected chi connectivity index (χ1v) is 7.86. The fourth-order valence-electron chi connectivity index (χ4n) is 2.83. The fourth-order valence-corrected chi connectivity index (χ4v) is 2.83. The number of H-pyrrole nitrogens is 1. The Morgan fingerprint density at radius 3 is 2.60 bits per heavy atom. The minimum atomic E-state index is -0.601. The quantitative estimate of drug-likeness (QED) is 0.675. The molecule has 1 aromatic carbocycles. The first-order chi connectivity index (χ1) is 12.0. The third-order valence-corrected chi connectivity index (χ3v) is 4.15. The van der Waals surface area contributed by atoms with Crippen molar-refractivity contribution in [1.82, 2.24) is 15.1 Å². The number of likely N-dealkylation sites (tertiary alicyclic amines) is 1. The largest absolute Gasteiger partial charge is 0.490 e. The number of ether oxygens (including phenoxy) is 1. The van der Waals surface area contributed by atoms with Crippen LogP contribution in [0.4, 0.5) is 10.1 Å². The maximum absolute atomic E-state index is 12.9. The molecule has 0 spiro atoms. The second-order valence-electron chi connectivity index (χ2n) is 5.87. The minimum absolute atomic E-state index is 0.0922. The lowest BCUT2D eigenvalue weighted by Crippen LogP contribution is -2.42. The summed E-state index contributed by atoms with van der Waals surface area (Å²) in [6, 6.07) is 5.77. The van der Waals surface area contributed by atoms with Gasteiger partial charge in [-0.3, -0.25) is 20.0 Å². The Balaban J connectivity index is 1.61. The summed E-state index contributed by atoms with van der Waals surface area (Å²) in [5.74, 6) is -0.218. The molecule has 0 aliphatic carbocycles. The van der Waals surface area contributed by atoms with Crippen molar-refractivity contribution in [2.75, 3.05) is 13.1 Å². The van der Waals surface area contributed by atoms with Crippen LogP contribution in [0.3, 0.4) is 0 Å². The molecule has 1 N–H and O–H groups in total. The summed E-state index contributed by atoms with van der Waals surface area (Å²) < 4.78 is 18.7. The maximum atomic E-state index is 12.9. The van der Waals surface area contributed by atoms with Gasteiger partial charge in [0.2, 0.25) is 5.69 Å². The monoisotopic (exact) mass is 348 g/mol. The van der Waals surface area contributed by atoms with Gasteiger partial charge in [-0.1, -0.05) is 0 Å². The highest BCUT2D eigenvalue weighted by atomic mass is 19.1. The number of carbonyl (C=O) groups is 1. The van der Waals surface area contributed by atoms with Crippen LogP contribution >= 0.6 is 0 Å². The van der Waals surface area contributed by atoms with Crippen molar-refractivity contribution >= 4 is 11.6 Å². The van der Waals surface area contributed by atoms with Crippen molar-refractivity contribution in [2.24, 2.45) is 0 Å². The number of halogens is 1. The van der Waals surface area contributed by atoms with Crippen molar-refractivity contribution in [3.63, 3.8) is 0 Å². The summed E-state index contributed by atoms with van der Waals surface area (Å²) in [5.41, 5.74) is -0.196. The Morgan fingerprint density at radius 1 is 1.36 bits per heavy atom. The van der Waals surface area contributed by atoms with E-state index in [1.165, 1.54) is 24.0 Å². The second-order valence-corrected chi connectivity index (χ2v) is 5.87. The molecule has 1 aliphatic rings. The Morgan fingerprint density at radius 2 is 2.00 bits per heavy atom. The molecule has 0 unspecified atom stereocenters. The third kappa shape index (κ3) is 3.59. The number of aromatic amines is 1. The number of piperidine rings is 1. The van der Waals surface area contributed by atoms with Gasteiger partial charge >= 0.3 is 5.69 Å². The van der Waals surface area contributed by atoms with Crippen LogP contribution in [0.1, 0.15) is 29.0 Å². The molecule has 1 aromatic heterocycles. The van der Waals surface area contributed by atoms with Gasteiger partial charge in [0.25, 0.3) is 5.91 Å². The zero-order valence-corrected chi connectivity index (χ0v) is 13.6. The number of benzene rings is 1. The van der Waals surface area contributed by atoms with Gasteiger partial charge in [0.05, 0.1) is 4.92 Å². The molecule has 132 valence electrons. The number of aromatic nitrogens is 2. The van der Waals surface area contributed by atoms with Gasteiger partial charge in [-0.15, -0.1) is 0 Å². The average Bonchev–Trinajstić information content (AvgIpc) is 2.99. The van der Waals surface area contributed by atoms with Gasteiger partial charge in [-0.05, 0) is 31.2 Å².